The first-order valence-electron chi connectivity index (χ1n) is 12.6. The Morgan fingerprint density at radius 2 is 1.52 bits per heavy atom. The Balaban J connectivity index is 2.15. The molecule has 0 aromatic heterocycles. The number of carbonyl (C=O) groups excluding carboxylic acids is 1. The lowest BCUT2D eigenvalue weighted by Gasteiger charge is -2.19. The maximum absolute atomic E-state index is 12.3. The zero-order chi connectivity index (χ0) is 24.2. The van der Waals surface area contributed by atoms with Crippen molar-refractivity contribution < 1.29 is 23.7 Å². The molecular weight excluding hydrogens is 437 g/mol. The van der Waals surface area contributed by atoms with E-state index in [1.165, 1.54) is 44.9 Å². The van der Waals surface area contributed by atoms with Crippen molar-refractivity contribution in [3.63, 3.8) is 0 Å². The number of hydrogen-bond acceptors (Lipinski definition) is 3. The molecule has 188 valence electrons. The summed E-state index contributed by atoms with van der Waals surface area (Å²) < 4.78 is 15.7. The topological polar surface area (TPSA) is 95.9 Å². The molecule has 1 rings (SSSR count). The second-order valence-corrected chi connectivity index (χ2v) is 9.96. The van der Waals surface area contributed by atoms with E-state index >= 15 is 0 Å². The Kier molecular flexibility index (Phi) is 16.9. The summed E-state index contributed by atoms with van der Waals surface area (Å²) in [6.45, 7) is 2.02. The van der Waals surface area contributed by atoms with Crippen LogP contribution >= 0.6 is 7.82 Å². The number of nitrogens with one attached hydrogen (secondary N) is 1. The average Bonchev–Trinajstić information content (AvgIpc) is 2.78. The average molecular weight is 482 g/mol. The first-order chi connectivity index (χ1) is 15.9. The molecule has 1 aromatic rings. The van der Waals surface area contributed by atoms with E-state index in [4.69, 9.17) is 9.79 Å². The molecule has 0 saturated heterocycles. The fourth-order valence-electron chi connectivity index (χ4n) is 3.72. The molecule has 0 heterocycles. The normalized spacial score (nSPS) is 12.8. The Morgan fingerprint density at radius 3 is 2.12 bits per heavy atom. The Bertz CT molecular complexity index is 689. The fourth-order valence-corrected chi connectivity index (χ4v) is 4.09. The van der Waals surface area contributed by atoms with Gasteiger partial charge in [0, 0.05) is 6.42 Å². The Hall–Kier alpha value is -1.46. The molecule has 0 saturated carbocycles. The summed E-state index contributed by atoms with van der Waals surface area (Å²) >= 11 is 0. The van der Waals surface area contributed by atoms with Gasteiger partial charge in [-0.2, -0.15) is 0 Å². The maximum Gasteiger partial charge on any atom is 0.469 e. The van der Waals surface area contributed by atoms with Gasteiger partial charge in [-0.05, 0) is 44.1 Å². The molecule has 1 amide bonds. The van der Waals surface area contributed by atoms with E-state index in [9.17, 15) is 9.36 Å². The van der Waals surface area contributed by atoms with Crippen molar-refractivity contribution in [1.29, 1.82) is 0 Å². The molecule has 0 fully saturated rings. The van der Waals surface area contributed by atoms with Crippen LogP contribution in [0, 0.1) is 0 Å². The second kappa shape index (κ2) is 18.9. The maximum atomic E-state index is 12.3. The van der Waals surface area contributed by atoms with E-state index < -0.39 is 13.9 Å². The van der Waals surface area contributed by atoms with Gasteiger partial charge in [-0.1, -0.05) is 94.4 Å². The summed E-state index contributed by atoms with van der Waals surface area (Å²) in [6.07, 6.45) is 19.8. The Labute approximate surface area is 200 Å². The SMILES string of the molecule is CCCCCCCC/C=C\CCCCCCC(=O)N[C@@H](COP(=O)(O)O)Cc1ccccc1. The van der Waals surface area contributed by atoms with Gasteiger partial charge in [-0.3, -0.25) is 9.32 Å². The number of rotatable bonds is 20. The molecule has 0 aliphatic heterocycles. The van der Waals surface area contributed by atoms with Gasteiger partial charge in [0.2, 0.25) is 5.91 Å². The van der Waals surface area contributed by atoms with Gasteiger partial charge in [0.05, 0.1) is 12.6 Å². The predicted octanol–water partition coefficient (Wildman–Crippen LogP) is 6.47. The third-order valence-electron chi connectivity index (χ3n) is 5.55. The fraction of sp³-hybridized carbons (Fsp3) is 0.654. The van der Waals surface area contributed by atoms with Crippen molar-refractivity contribution in [2.75, 3.05) is 6.61 Å². The van der Waals surface area contributed by atoms with Crippen LogP contribution in [0.3, 0.4) is 0 Å². The summed E-state index contributed by atoms with van der Waals surface area (Å²) in [7, 11) is -4.58. The standard InChI is InChI=1S/C26H44NO5P/c1-2-3-4-5-6-7-8-9-10-11-12-13-14-18-21-26(28)27-25(23-32-33(29,30)31)22-24-19-16-15-17-20-24/h9-10,15-17,19-20,25H,2-8,11-14,18,21-23H2,1H3,(H,27,28)(H2,29,30,31)/b10-9-/t25-/m1/s1. The quantitative estimate of drug-likeness (QED) is 0.113. The zero-order valence-corrected chi connectivity index (χ0v) is 21.2. The summed E-state index contributed by atoms with van der Waals surface area (Å²) in [5, 5.41) is 2.87. The third kappa shape index (κ3) is 18.6. The van der Waals surface area contributed by atoms with Gasteiger partial charge in [0.1, 0.15) is 0 Å². The van der Waals surface area contributed by atoms with Gasteiger partial charge in [0.25, 0.3) is 0 Å². The van der Waals surface area contributed by atoms with Gasteiger partial charge in [-0.25, -0.2) is 4.57 Å². The molecule has 0 unspecified atom stereocenters. The highest BCUT2D eigenvalue weighted by Gasteiger charge is 2.20. The molecule has 3 N–H and O–H groups in total. The predicted molar refractivity (Wildman–Crippen MR) is 135 cm³/mol. The second-order valence-electron chi connectivity index (χ2n) is 8.72. The van der Waals surface area contributed by atoms with E-state index in [-0.39, 0.29) is 12.5 Å². The minimum atomic E-state index is -4.58. The van der Waals surface area contributed by atoms with Crippen LogP contribution in [0.25, 0.3) is 0 Å². The third-order valence-corrected chi connectivity index (χ3v) is 6.03. The van der Waals surface area contributed by atoms with Gasteiger partial charge in [-0.15, -0.1) is 0 Å². The lowest BCUT2D eigenvalue weighted by molar-refractivity contribution is -0.122. The lowest BCUT2D eigenvalue weighted by Crippen LogP contribution is -2.39. The van der Waals surface area contributed by atoms with Crippen molar-refractivity contribution >= 4 is 13.7 Å². The van der Waals surface area contributed by atoms with E-state index in [0.29, 0.717) is 12.8 Å². The number of hydrogen-bond donors (Lipinski definition) is 3. The molecule has 0 aliphatic rings. The first kappa shape index (κ1) is 29.6. The molecule has 0 bridgehead atoms. The largest absolute Gasteiger partial charge is 0.469 e. The number of phosphoric ester groups is 1. The zero-order valence-electron chi connectivity index (χ0n) is 20.3. The molecule has 7 heteroatoms. The highest BCUT2D eigenvalue weighted by atomic mass is 31.2. The van der Waals surface area contributed by atoms with E-state index in [2.05, 4.69) is 28.9 Å². The van der Waals surface area contributed by atoms with Crippen molar-refractivity contribution in [1.82, 2.24) is 5.32 Å². The number of allylic oxidation sites excluding steroid dienone is 2. The van der Waals surface area contributed by atoms with Crippen LogP contribution in [0.1, 0.15) is 96.0 Å². The molecule has 1 atom stereocenters. The summed E-state index contributed by atoms with van der Waals surface area (Å²) in [5.41, 5.74) is 0.974. The number of phosphoric acid groups is 1. The number of unbranched alkanes of at least 4 members (excludes halogenated alkanes) is 10. The molecule has 6 nitrogen and oxygen atoms in total. The summed E-state index contributed by atoms with van der Waals surface area (Å²) in [6, 6.07) is 9.03. The summed E-state index contributed by atoms with van der Waals surface area (Å²) in [5.74, 6) is -0.107. The van der Waals surface area contributed by atoms with E-state index in [0.717, 1.165) is 37.7 Å². The number of benzene rings is 1. The molecule has 0 aliphatic carbocycles. The lowest BCUT2D eigenvalue weighted by atomic mass is 10.1. The molecular formula is C26H44NO5P. The van der Waals surface area contributed by atoms with Crippen LogP contribution in [0.2, 0.25) is 0 Å². The molecule has 0 radical (unpaired) electrons. The molecule has 0 spiro atoms. The van der Waals surface area contributed by atoms with Crippen LogP contribution in [0.5, 0.6) is 0 Å². The van der Waals surface area contributed by atoms with Crippen LogP contribution in [0.4, 0.5) is 0 Å². The highest BCUT2D eigenvalue weighted by molar-refractivity contribution is 7.46. The first-order valence-corrected chi connectivity index (χ1v) is 14.1. The molecule has 33 heavy (non-hydrogen) atoms. The van der Waals surface area contributed by atoms with Crippen molar-refractivity contribution in [3.05, 3.63) is 48.0 Å². The van der Waals surface area contributed by atoms with Crippen LogP contribution in [-0.2, 0) is 20.3 Å². The minimum absolute atomic E-state index is 0.107. The smallest absolute Gasteiger partial charge is 0.351 e. The van der Waals surface area contributed by atoms with Gasteiger partial charge >= 0.3 is 7.82 Å². The minimum Gasteiger partial charge on any atom is -0.351 e. The van der Waals surface area contributed by atoms with Crippen LogP contribution < -0.4 is 5.32 Å². The van der Waals surface area contributed by atoms with Gasteiger partial charge < -0.3 is 15.1 Å². The van der Waals surface area contributed by atoms with Gasteiger partial charge in [0.15, 0.2) is 0 Å². The van der Waals surface area contributed by atoms with Crippen LogP contribution in [-0.4, -0.2) is 28.3 Å². The molecule has 1 aromatic carbocycles. The van der Waals surface area contributed by atoms with Crippen molar-refractivity contribution in [2.24, 2.45) is 0 Å². The number of amides is 1. The van der Waals surface area contributed by atoms with E-state index in [1.807, 2.05) is 30.3 Å². The van der Waals surface area contributed by atoms with Crippen molar-refractivity contribution in [2.45, 2.75) is 103 Å². The van der Waals surface area contributed by atoms with Crippen LogP contribution in [0.15, 0.2) is 42.5 Å². The van der Waals surface area contributed by atoms with E-state index in [1.54, 1.807) is 0 Å². The Morgan fingerprint density at radius 1 is 0.939 bits per heavy atom. The highest BCUT2D eigenvalue weighted by Crippen LogP contribution is 2.35. The van der Waals surface area contributed by atoms with Crippen molar-refractivity contribution in [3.8, 4) is 0 Å². The monoisotopic (exact) mass is 481 g/mol. The number of carbonyl (C=O) groups is 1. The summed E-state index contributed by atoms with van der Waals surface area (Å²) in [4.78, 5) is 30.3.